The lowest BCUT2D eigenvalue weighted by atomic mass is 10.1. The summed E-state index contributed by atoms with van der Waals surface area (Å²) in [6, 6.07) is -2.21. The van der Waals surface area contributed by atoms with Crippen molar-refractivity contribution in [1.82, 2.24) is 10.2 Å². The Balaban J connectivity index is 2.84. The van der Waals surface area contributed by atoms with Gasteiger partial charge < -0.3 is 25.8 Å². The van der Waals surface area contributed by atoms with Crippen molar-refractivity contribution in [3.63, 3.8) is 0 Å². The molecule has 1 rings (SSSR count). The second kappa shape index (κ2) is 7.30. The van der Waals surface area contributed by atoms with Gasteiger partial charge in [-0.2, -0.15) is 0 Å². The zero-order valence-corrected chi connectivity index (χ0v) is 13.5. The van der Waals surface area contributed by atoms with Gasteiger partial charge in [0.05, 0.1) is 6.42 Å². The minimum absolute atomic E-state index is 0.251. The Bertz CT molecular complexity index is 499. The normalized spacial score (nSPS) is 19.1. The number of ether oxygens (including phenoxy) is 1. The van der Waals surface area contributed by atoms with Gasteiger partial charge in [0, 0.05) is 6.54 Å². The predicted molar refractivity (Wildman–Crippen MR) is 79.3 cm³/mol. The number of rotatable bonds is 5. The SMILES string of the molecule is CC(C)(C)OC(=O)N[C@@H](CC(N)=O)C(=O)N1CCC[C@H]1C(=O)O. The number of aliphatic carboxylic acids is 1. The Hall–Kier alpha value is -2.32. The van der Waals surface area contributed by atoms with Crippen molar-refractivity contribution in [3.8, 4) is 0 Å². The molecular weight excluding hydrogens is 306 g/mol. The lowest BCUT2D eigenvalue weighted by Crippen LogP contribution is -2.53. The molecule has 0 saturated carbocycles. The third kappa shape index (κ3) is 5.76. The highest BCUT2D eigenvalue weighted by Crippen LogP contribution is 2.19. The first-order valence-electron chi connectivity index (χ1n) is 7.32. The Labute approximate surface area is 134 Å². The molecule has 0 aromatic carbocycles. The Morgan fingerprint density at radius 2 is 1.96 bits per heavy atom. The van der Waals surface area contributed by atoms with E-state index in [0.717, 1.165) is 4.90 Å². The minimum Gasteiger partial charge on any atom is -0.480 e. The Morgan fingerprint density at radius 3 is 2.43 bits per heavy atom. The fourth-order valence-corrected chi connectivity index (χ4v) is 2.34. The van der Waals surface area contributed by atoms with Crippen molar-refractivity contribution in [3.05, 3.63) is 0 Å². The van der Waals surface area contributed by atoms with Gasteiger partial charge in [-0.15, -0.1) is 0 Å². The number of amides is 3. The van der Waals surface area contributed by atoms with Crippen LogP contribution in [0.3, 0.4) is 0 Å². The van der Waals surface area contributed by atoms with Crippen molar-refractivity contribution >= 4 is 23.9 Å². The molecule has 0 spiro atoms. The molecule has 1 aliphatic heterocycles. The average molecular weight is 329 g/mol. The summed E-state index contributed by atoms with van der Waals surface area (Å²) < 4.78 is 5.05. The summed E-state index contributed by atoms with van der Waals surface area (Å²) in [5.41, 5.74) is 4.33. The summed E-state index contributed by atoms with van der Waals surface area (Å²) in [4.78, 5) is 47.8. The number of alkyl carbamates (subject to hydrolysis) is 1. The second-order valence-electron chi connectivity index (χ2n) is 6.40. The van der Waals surface area contributed by atoms with Gasteiger partial charge in [-0.3, -0.25) is 9.59 Å². The molecule has 4 N–H and O–H groups in total. The van der Waals surface area contributed by atoms with Crippen molar-refractivity contribution in [2.24, 2.45) is 5.73 Å². The molecule has 1 fully saturated rings. The molecule has 1 saturated heterocycles. The molecule has 0 unspecified atom stereocenters. The number of carboxylic acid groups (broad SMARTS) is 1. The molecule has 3 amide bonds. The van der Waals surface area contributed by atoms with Gasteiger partial charge in [0.25, 0.3) is 0 Å². The predicted octanol–water partition coefficient (Wildman–Crippen LogP) is -0.169. The number of hydrogen-bond donors (Lipinski definition) is 3. The number of carbonyl (C=O) groups excluding carboxylic acids is 3. The molecule has 9 nitrogen and oxygen atoms in total. The zero-order chi connectivity index (χ0) is 17.8. The van der Waals surface area contributed by atoms with E-state index in [0.29, 0.717) is 12.8 Å². The topological polar surface area (TPSA) is 139 Å². The first-order chi connectivity index (χ1) is 10.5. The highest BCUT2D eigenvalue weighted by Gasteiger charge is 2.38. The monoisotopic (exact) mass is 329 g/mol. The number of nitrogens with one attached hydrogen (secondary N) is 1. The molecule has 1 heterocycles. The number of carboxylic acids is 1. The van der Waals surface area contributed by atoms with Crippen molar-refractivity contribution in [1.29, 1.82) is 0 Å². The van der Waals surface area contributed by atoms with E-state index in [1.807, 2.05) is 0 Å². The quantitative estimate of drug-likeness (QED) is 0.640. The van der Waals surface area contributed by atoms with Gasteiger partial charge in [0.1, 0.15) is 17.7 Å². The van der Waals surface area contributed by atoms with Crippen LogP contribution < -0.4 is 11.1 Å². The fourth-order valence-electron chi connectivity index (χ4n) is 2.34. The lowest BCUT2D eigenvalue weighted by molar-refractivity contribution is -0.149. The van der Waals surface area contributed by atoms with Crippen molar-refractivity contribution < 1.29 is 29.0 Å². The molecule has 9 heteroatoms. The van der Waals surface area contributed by atoms with Crippen LogP contribution in [0.4, 0.5) is 4.79 Å². The van der Waals surface area contributed by atoms with Gasteiger partial charge in [0.2, 0.25) is 11.8 Å². The number of hydrogen-bond acceptors (Lipinski definition) is 5. The maximum Gasteiger partial charge on any atom is 0.408 e. The highest BCUT2D eigenvalue weighted by molar-refractivity contribution is 5.93. The average Bonchev–Trinajstić information content (AvgIpc) is 2.83. The first kappa shape index (κ1) is 18.7. The van der Waals surface area contributed by atoms with Crippen LogP contribution in [0.15, 0.2) is 0 Å². The summed E-state index contributed by atoms with van der Waals surface area (Å²) in [5.74, 6) is -2.56. The van der Waals surface area contributed by atoms with Gasteiger partial charge in [-0.1, -0.05) is 0 Å². The van der Waals surface area contributed by atoms with Crippen LogP contribution in [0, 0.1) is 0 Å². The summed E-state index contributed by atoms with van der Waals surface area (Å²) >= 11 is 0. The third-order valence-electron chi connectivity index (χ3n) is 3.22. The standard InChI is InChI=1S/C14H23N3O6/c1-14(2,3)23-13(22)16-8(7-10(15)18)11(19)17-6-4-5-9(17)12(20)21/h8-9H,4-7H2,1-3H3,(H2,15,18)(H,16,22)(H,20,21)/t8-,9-/m0/s1. The molecule has 23 heavy (non-hydrogen) atoms. The van der Waals surface area contributed by atoms with Gasteiger partial charge in [-0.05, 0) is 33.6 Å². The van der Waals surface area contributed by atoms with Crippen LogP contribution >= 0.6 is 0 Å². The summed E-state index contributed by atoms with van der Waals surface area (Å²) in [7, 11) is 0. The molecule has 0 aromatic rings. The van der Waals surface area contributed by atoms with E-state index < -0.39 is 48.0 Å². The minimum atomic E-state index is -1.25. The van der Waals surface area contributed by atoms with Gasteiger partial charge in [0.15, 0.2) is 0 Å². The molecule has 0 bridgehead atoms. The van der Waals surface area contributed by atoms with Crippen molar-refractivity contribution in [2.45, 2.75) is 57.7 Å². The van der Waals surface area contributed by atoms with Crippen LogP contribution in [0.1, 0.15) is 40.0 Å². The molecule has 0 aliphatic carbocycles. The maximum absolute atomic E-state index is 12.5. The number of nitrogens with zero attached hydrogens (tertiary/aromatic N) is 1. The molecular formula is C14H23N3O6. The van der Waals surface area contributed by atoms with E-state index in [-0.39, 0.29) is 6.54 Å². The van der Waals surface area contributed by atoms with Gasteiger partial charge >= 0.3 is 12.1 Å². The van der Waals surface area contributed by atoms with Crippen LogP contribution in [0.2, 0.25) is 0 Å². The van der Waals surface area contributed by atoms with E-state index in [1.165, 1.54) is 0 Å². The summed E-state index contributed by atoms with van der Waals surface area (Å²) in [6.07, 6.45) is -0.431. The van der Waals surface area contributed by atoms with E-state index >= 15 is 0 Å². The zero-order valence-electron chi connectivity index (χ0n) is 13.5. The first-order valence-corrected chi connectivity index (χ1v) is 7.32. The van der Waals surface area contributed by atoms with Crippen LogP contribution in [0.5, 0.6) is 0 Å². The van der Waals surface area contributed by atoms with E-state index in [9.17, 15) is 19.2 Å². The van der Waals surface area contributed by atoms with Gasteiger partial charge in [-0.25, -0.2) is 9.59 Å². The number of primary amides is 1. The van der Waals surface area contributed by atoms with E-state index in [4.69, 9.17) is 15.6 Å². The van der Waals surface area contributed by atoms with E-state index in [2.05, 4.69) is 5.32 Å². The van der Waals surface area contributed by atoms with Crippen LogP contribution in [0.25, 0.3) is 0 Å². The number of likely N-dealkylation sites (tertiary alicyclic amines) is 1. The molecule has 0 radical (unpaired) electrons. The Kier molecular flexibility index (Phi) is 5.94. The maximum atomic E-state index is 12.5. The molecule has 130 valence electrons. The molecule has 2 atom stereocenters. The highest BCUT2D eigenvalue weighted by atomic mass is 16.6. The number of carbonyl (C=O) groups is 4. The van der Waals surface area contributed by atoms with Crippen LogP contribution in [-0.2, 0) is 19.1 Å². The third-order valence-corrected chi connectivity index (χ3v) is 3.22. The number of nitrogens with two attached hydrogens (primary N) is 1. The summed E-state index contributed by atoms with van der Waals surface area (Å²) in [5, 5.41) is 11.4. The largest absolute Gasteiger partial charge is 0.480 e. The van der Waals surface area contributed by atoms with Crippen molar-refractivity contribution in [2.75, 3.05) is 6.54 Å². The molecule has 1 aliphatic rings. The summed E-state index contributed by atoms with van der Waals surface area (Å²) in [6.45, 7) is 5.20. The lowest BCUT2D eigenvalue weighted by Gasteiger charge is -2.27. The molecule has 0 aromatic heterocycles. The fraction of sp³-hybridized carbons (Fsp3) is 0.714. The van der Waals surface area contributed by atoms with Crippen LogP contribution in [-0.4, -0.2) is 58.1 Å². The van der Waals surface area contributed by atoms with E-state index in [1.54, 1.807) is 20.8 Å². The second-order valence-corrected chi connectivity index (χ2v) is 6.40. The smallest absolute Gasteiger partial charge is 0.408 e. The Morgan fingerprint density at radius 1 is 1.35 bits per heavy atom.